The first-order valence-corrected chi connectivity index (χ1v) is 11.1. The molecular weight excluding hydrogens is 517 g/mol. The van der Waals surface area contributed by atoms with Gasteiger partial charge in [0.1, 0.15) is 16.8 Å². The fourth-order valence-corrected chi connectivity index (χ4v) is 4.92. The molecule has 2 aromatic rings. The Balaban J connectivity index is 1.51. The molecule has 18 heteroatoms. The molecule has 2 unspecified atom stereocenters. The predicted molar refractivity (Wildman–Crippen MR) is 112 cm³/mol. The minimum atomic E-state index is -4.67. The molecule has 0 spiro atoms. The van der Waals surface area contributed by atoms with Gasteiger partial charge in [0.2, 0.25) is 11.5 Å². The Hall–Kier alpha value is -3.80. The van der Waals surface area contributed by atoms with Gasteiger partial charge in [-0.15, -0.1) is 10.2 Å². The highest BCUT2D eigenvalue weighted by Gasteiger charge is 2.54. The van der Waals surface area contributed by atoms with Gasteiger partial charge in [0.25, 0.3) is 11.8 Å². The lowest BCUT2D eigenvalue weighted by atomic mass is 9.86. The maximum atomic E-state index is 12.8. The number of hydrogen-bond acceptors (Lipinski definition) is 12. The Morgan fingerprint density at radius 3 is 2.60 bits per heavy atom. The predicted octanol–water partition coefficient (Wildman–Crippen LogP) is 0.685. The second-order valence-electron chi connectivity index (χ2n) is 7.10. The summed E-state index contributed by atoms with van der Waals surface area (Å²) < 4.78 is 41.8. The molecule has 0 aliphatic carbocycles. The van der Waals surface area contributed by atoms with Crippen LogP contribution in [-0.2, 0) is 20.6 Å². The average Bonchev–Trinajstić information content (AvgIpc) is 3.23. The molecule has 0 saturated carbocycles. The largest absolute Gasteiger partial charge is 0.477 e. The third-order valence-corrected chi connectivity index (χ3v) is 6.62. The minimum absolute atomic E-state index is 0.0156. The molecule has 0 radical (unpaired) electrons. The molecule has 2 atom stereocenters. The lowest BCUT2D eigenvalue weighted by molar-refractivity contribution is -0.155. The van der Waals surface area contributed by atoms with Crippen LogP contribution >= 0.6 is 23.3 Å². The summed E-state index contributed by atoms with van der Waals surface area (Å²) in [4.78, 5) is 42.1. The number of rotatable bonds is 6. The molecular formula is C17H13F3N8O5S2. The van der Waals surface area contributed by atoms with Gasteiger partial charge >= 0.3 is 12.1 Å². The van der Waals surface area contributed by atoms with Crippen molar-refractivity contribution in [2.45, 2.75) is 36.1 Å². The van der Waals surface area contributed by atoms with Gasteiger partial charge in [0, 0.05) is 16.4 Å². The number of carbonyl (C=O) groups excluding carboxylic acids is 2. The number of alkyl halides is 3. The van der Waals surface area contributed by atoms with Crippen molar-refractivity contribution in [2.24, 2.45) is 5.16 Å². The molecule has 2 aromatic heterocycles. The van der Waals surface area contributed by atoms with Gasteiger partial charge in [0.15, 0.2) is 10.8 Å². The van der Waals surface area contributed by atoms with Crippen LogP contribution in [0.4, 0.5) is 18.3 Å². The van der Waals surface area contributed by atoms with Crippen LogP contribution in [0.1, 0.15) is 24.4 Å². The number of β-lactam (4-membered cyclic amide) rings is 1. The number of thioether (sulfide) groups is 1. The molecule has 35 heavy (non-hydrogen) atoms. The van der Waals surface area contributed by atoms with E-state index in [0.29, 0.717) is 6.07 Å². The first kappa shape index (κ1) is 24.3. The van der Waals surface area contributed by atoms with Gasteiger partial charge < -0.3 is 21.4 Å². The molecule has 1 fully saturated rings. The van der Waals surface area contributed by atoms with Crippen LogP contribution in [0.25, 0.3) is 0 Å². The van der Waals surface area contributed by atoms with E-state index in [-0.39, 0.29) is 39.4 Å². The van der Waals surface area contributed by atoms with E-state index < -0.39 is 47.4 Å². The Labute approximate surface area is 201 Å². The highest BCUT2D eigenvalue weighted by atomic mass is 32.2. The van der Waals surface area contributed by atoms with Crippen molar-refractivity contribution in [3.05, 3.63) is 34.3 Å². The number of aliphatic carboxylic acids is 1. The van der Waals surface area contributed by atoms with E-state index in [4.69, 9.17) is 10.9 Å². The van der Waals surface area contributed by atoms with Gasteiger partial charge in [-0.1, -0.05) is 16.9 Å². The molecule has 184 valence electrons. The van der Waals surface area contributed by atoms with Crippen LogP contribution < -0.4 is 11.1 Å². The fraction of sp³-hybridized carbons (Fsp3) is 0.294. The number of allylic oxidation sites excluding steroid dienone is 1. The summed E-state index contributed by atoms with van der Waals surface area (Å²) in [5, 5.41) is 30.7. The van der Waals surface area contributed by atoms with Crippen molar-refractivity contribution in [2.75, 3.05) is 5.73 Å². The van der Waals surface area contributed by atoms with Crippen molar-refractivity contribution in [1.29, 1.82) is 0 Å². The maximum absolute atomic E-state index is 12.8. The van der Waals surface area contributed by atoms with Crippen LogP contribution in [0.15, 0.2) is 32.9 Å². The molecule has 4 heterocycles. The Morgan fingerprint density at radius 1 is 1.31 bits per heavy atom. The molecule has 0 bridgehead atoms. The summed E-state index contributed by atoms with van der Waals surface area (Å²) in [6.07, 6.45) is -4.30. The van der Waals surface area contributed by atoms with E-state index in [1.807, 2.05) is 0 Å². The van der Waals surface area contributed by atoms with E-state index in [1.54, 1.807) is 0 Å². The molecule has 2 amide bonds. The highest BCUT2D eigenvalue weighted by Crippen LogP contribution is 2.42. The summed E-state index contributed by atoms with van der Waals surface area (Å²) in [7, 11) is 0. The lowest BCUT2D eigenvalue weighted by Gasteiger charge is -2.50. The summed E-state index contributed by atoms with van der Waals surface area (Å²) in [6.45, 7) is 0. The van der Waals surface area contributed by atoms with Gasteiger partial charge in [-0.05, 0) is 25.0 Å². The SMILES string of the molecule is Nc1nc(/C(=N/O)C(=O)NC2C(=O)N3C(C(=O)O)=C(Sc4ccc(C(F)(F)F)nn4)CCC23)ns1. The third kappa shape index (κ3) is 4.61. The Kier molecular flexibility index (Phi) is 6.32. The number of fused-ring (bicyclic) bond motifs is 1. The number of anilines is 1. The number of carbonyl (C=O) groups is 3. The number of carboxylic acids is 1. The highest BCUT2D eigenvalue weighted by molar-refractivity contribution is 8.03. The summed E-state index contributed by atoms with van der Waals surface area (Å²) >= 11 is 1.54. The number of hydrogen-bond donors (Lipinski definition) is 4. The number of aromatic nitrogens is 4. The first-order valence-electron chi connectivity index (χ1n) is 9.52. The fourth-order valence-electron chi connectivity index (χ4n) is 3.51. The van der Waals surface area contributed by atoms with Gasteiger partial charge in [0.05, 0.1) is 6.04 Å². The van der Waals surface area contributed by atoms with E-state index >= 15 is 0 Å². The zero-order valence-electron chi connectivity index (χ0n) is 17.1. The van der Waals surface area contributed by atoms with Gasteiger partial charge in [-0.2, -0.15) is 22.5 Å². The zero-order valence-corrected chi connectivity index (χ0v) is 18.7. The number of oxime groups is 1. The normalized spacial score (nSPS) is 20.4. The number of nitrogen functional groups attached to an aromatic ring is 1. The quantitative estimate of drug-likeness (QED) is 0.177. The summed E-state index contributed by atoms with van der Waals surface area (Å²) in [6, 6.07) is -0.0568. The van der Waals surface area contributed by atoms with Crippen LogP contribution in [-0.4, -0.2) is 70.3 Å². The van der Waals surface area contributed by atoms with Gasteiger partial charge in [-0.25, -0.2) is 4.79 Å². The molecule has 5 N–H and O–H groups in total. The smallest absolute Gasteiger partial charge is 0.435 e. The second-order valence-corrected chi connectivity index (χ2v) is 9.00. The van der Waals surface area contributed by atoms with Crippen molar-refractivity contribution < 1.29 is 37.9 Å². The monoisotopic (exact) mass is 530 g/mol. The zero-order chi connectivity index (χ0) is 25.5. The molecule has 0 aromatic carbocycles. The number of nitrogens with two attached hydrogens (primary N) is 1. The standard InChI is InChI=1S/C17H13F3N8O5S2/c18-17(19,20)7-3-4-8(25-24-7)34-6-2-1-5-9(14(30)28(5)11(6)15(31)32)22-13(29)10(26-33)12-23-16(21)35-27-12/h3-5,9,33H,1-2H2,(H,22,29)(H,31,32)(H2,21,23,27)/b26-10-. The molecule has 2 aliphatic heterocycles. The van der Waals surface area contributed by atoms with Crippen LogP contribution in [0.5, 0.6) is 0 Å². The number of carboxylic acid groups (broad SMARTS) is 1. The van der Waals surface area contributed by atoms with Crippen LogP contribution in [0, 0.1) is 0 Å². The van der Waals surface area contributed by atoms with E-state index in [1.165, 1.54) is 0 Å². The van der Waals surface area contributed by atoms with Crippen LogP contribution in [0.2, 0.25) is 0 Å². The van der Waals surface area contributed by atoms with Crippen molar-refractivity contribution >= 4 is 51.9 Å². The van der Waals surface area contributed by atoms with E-state index in [0.717, 1.165) is 34.3 Å². The number of halogens is 3. The Morgan fingerprint density at radius 2 is 2.06 bits per heavy atom. The molecule has 1 saturated heterocycles. The van der Waals surface area contributed by atoms with Crippen LogP contribution in [0.3, 0.4) is 0 Å². The number of amides is 2. The van der Waals surface area contributed by atoms with Crippen molar-refractivity contribution in [1.82, 2.24) is 29.8 Å². The lowest BCUT2D eigenvalue weighted by Crippen LogP contribution is -2.72. The van der Waals surface area contributed by atoms with Crippen molar-refractivity contribution in [3.63, 3.8) is 0 Å². The Bertz CT molecular complexity index is 1260. The average molecular weight is 530 g/mol. The molecule has 13 nitrogen and oxygen atoms in total. The van der Waals surface area contributed by atoms with Crippen molar-refractivity contribution in [3.8, 4) is 0 Å². The van der Waals surface area contributed by atoms with Gasteiger partial charge in [-0.3, -0.25) is 14.5 Å². The molecule has 2 aliphatic rings. The number of nitrogens with zero attached hydrogens (tertiary/aromatic N) is 6. The summed E-state index contributed by atoms with van der Waals surface area (Å²) in [5.74, 6) is -3.39. The molecule has 4 rings (SSSR count). The maximum Gasteiger partial charge on any atom is 0.435 e. The van der Waals surface area contributed by atoms with E-state index in [2.05, 4.69) is 30.0 Å². The van der Waals surface area contributed by atoms with E-state index in [9.17, 15) is 32.7 Å². The third-order valence-electron chi connectivity index (χ3n) is 5.01. The second kappa shape index (κ2) is 9.10. The topological polar surface area (TPSA) is 197 Å². The first-order chi connectivity index (χ1) is 16.5. The number of nitrogens with one attached hydrogen (secondary N) is 1. The summed E-state index contributed by atoms with van der Waals surface area (Å²) in [5.41, 5.74) is 3.31. The minimum Gasteiger partial charge on any atom is -0.477 e.